The summed E-state index contributed by atoms with van der Waals surface area (Å²) in [5.74, 6) is -0.479. The number of hydrogen-bond donors (Lipinski definition) is 0. The van der Waals surface area contributed by atoms with Gasteiger partial charge in [0.2, 0.25) is 0 Å². The van der Waals surface area contributed by atoms with Gasteiger partial charge >= 0.3 is 11.9 Å². The highest BCUT2D eigenvalue weighted by atomic mass is 16.5. The second kappa shape index (κ2) is 13.8. The number of allylic oxidation sites excluding steroid dienone is 2. The van der Waals surface area contributed by atoms with Gasteiger partial charge < -0.3 is 9.47 Å². The third-order valence-electron chi connectivity index (χ3n) is 2.59. The summed E-state index contributed by atoms with van der Waals surface area (Å²) in [5.41, 5.74) is 0. The lowest BCUT2D eigenvalue weighted by Gasteiger charge is -1.98. The molecule has 0 aliphatic heterocycles. The molecule has 4 heteroatoms. The standard InChI is InChI=1S/C16H26O4/c1-15(17)19-13-11-9-7-5-3-4-6-8-10-12-14-20-16(2)18/h9-12H,3-8,13-14H2,1-2H3/b11-9+,12-10+. The lowest BCUT2D eigenvalue weighted by Crippen LogP contribution is -1.97. The zero-order valence-electron chi connectivity index (χ0n) is 12.6. The van der Waals surface area contributed by atoms with Gasteiger partial charge in [-0.2, -0.15) is 0 Å². The molecule has 0 spiro atoms. The Bertz CT molecular complexity index is 286. The molecule has 0 fully saturated rings. The van der Waals surface area contributed by atoms with Crippen molar-refractivity contribution in [3.8, 4) is 0 Å². The van der Waals surface area contributed by atoms with Crippen molar-refractivity contribution in [1.29, 1.82) is 0 Å². The molecule has 0 heterocycles. The fourth-order valence-corrected chi connectivity index (χ4v) is 1.58. The minimum atomic E-state index is -0.239. The van der Waals surface area contributed by atoms with Gasteiger partial charge in [-0.1, -0.05) is 37.1 Å². The predicted molar refractivity (Wildman–Crippen MR) is 79.2 cm³/mol. The van der Waals surface area contributed by atoms with Crippen molar-refractivity contribution in [3.63, 3.8) is 0 Å². The van der Waals surface area contributed by atoms with Crippen LogP contribution >= 0.6 is 0 Å². The first-order valence-electron chi connectivity index (χ1n) is 7.19. The average Bonchev–Trinajstić information content (AvgIpc) is 2.38. The molecule has 0 saturated carbocycles. The van der Waals surface area contributed by atoms with Gasteiger partial charge in [0.25, 0.3) is 0 Å². The molecule has 0 saturated heterocycles. The van der Waals surface area contributed by atoms with Crippen LogP contribution in [0.5, 0.6) is 0 Å². The molecule has 114 valence electrons. The molecule has 0 aromatic carbocycles. The number of carbonyl (C=O) groups excluding carboxylic acids is 2. The van der Waals surface area contributed by atoms with E-state index in [0.29, 0.717) is 13.2 Å². The maximum absolute atomic E-state index is 10.5. The number of rotatable bonds is 11. The van der Waals surface area contributed by atoms with E-state index in [-0.39, 0.29) is 11.9 Å². The summed E-state index contributed by atoms with van der Waals surface area (Å²) in [6.07, 6.45) is 14.7. The molecular weight excluding hydrogens is 256 g/mol. The number of unbranched alkanes of at least 4 members (excludes halogenated alkanes) is 5. The van der Waals surface area contributed by atoms with E-state index in [1.165, 1.54) is 26.7 Å². The topological polar surface area (TPSA) is 52.6 Å². The Kier molecular flexibility index (Phi) is 12.7. The summed E-state index contributed by atoms with van der Waals surface area (Å²) in [6, 6.07) is 0. The molecule has 0 N–H and O–H groups in total. The maximum atomic E-state index is 10.5. The zero-order chi connectivity index (χ0) is 15.1. The fraction of sp³-hybridized carbons (Fsp3) is 0.625. The van der Waals surface area contributed by atoms with Crippen molar-refractivity contribution in [3.05, 3.63) is 24.3 Å². The van der Waals surface area contributed by atoms with E-state index in [4.69, 9.17) is 9.47 Å². The van der Waals surface area contributed by atoms with Crippen LogP contribution in [0.4, 0.5) is 0 Å². The first-order chi connectivity index (χ1) is 9.63. The Morgan fingerprint density at radius 2 is 1.10 bits per heavy atom. The third kappa shape index (κ3) is 16.4. The summed E-state index contributed by atoms with van der Waals surface area (Å²) < 4.78 is 9.57. The maximum Gasteiger partial charge on any atom is 0.302 e. The lowest BCUT2D eigenvalue weighted by atomic mass is 10.1. The molecule has 0 aliphatic rings. The van der Waals surface area contributed by atoms with Gasteiger partial charge in [0.15, 0.2) is 0 Å². The van der Waals surface area contributed by atoms with Crippen LogP contribution in [-0.2, 0) is 19.1 Å². The second-order valence-corrected chi connectivity index (χ2v) is 4.54. The first-order valence-corrected chi connectivity index (χ1v) is 7.19. The number of hydrogen-bond acceptors (Lipinski definition) is 4. The molecular formula is C16H26O4. The van der Waals surface area contributed by atoms with E-state index < -0.39 is 0 Å². The minimum absolute atomic E-state index is 0.239. The van der Waals surface area contributed by atoms with Crippen molar-refractivity contribution in [2.45, 2.75) is 52.4 Å². The summed E-state index contributed by atoms with van der Waals surface area (Å²) in [4.78, 5) is 21.0. The Morgan fingerprint density at radius 3 is 1.45 bits per heavy atom. The van der Waals surface area contributed by atoms with E-state index in [1.807, 2.05) is 12.2 Å². The Labute approximate surface area is 121 Å². The highest BCUT2D eigenvalue weighted by Crippen LogP contribution is 2.06. The number of carbonyl (C=O) groups is 2. The van der Waals surface area contributed by atoms with Gasteiger partial charge in [-0.15, -0.1) is 0 Å². The van der Waals surface area contributed by atoms with Gasteiger partial charge in [-0.25, -0.2) is 0 Å². The van der Waals surface area contributed by atoms with Gasteiger partial charge in [0, 0.05) is 13.8 Å². The van der Waals surface area contributed by atoms with Crippen LogP contribution in [0.25, 0.3) is 0 Å². The minimum Gasteiger partial charge on any atom is -0.462 e. The molecule has 0 unspecified atom stereocenters. The molecule has 20 heavy (non-hydrogen) atoms. The van der Waals surface area contributed by atoms with Crippen LogP contribution in [0, 0.1) is 0 Å². The van der Waals surface area contributed by atoms with Crippen LogP contribution in [0.15, 0.2) is 24.3 Å². The molecule has 0 bridgehead atoms. The third-order valence-corrected chi connectivity index (χ3v) is 2.59. The highest BCUT2D eigenvalue weighted by Gasteiger charge is 1.90. The quantitative estimate of drug-likeness (QED) is 0.330. The molecule has 0 aliphatic carbocycles. The van der Waals surface area contributed by atoms with Crippen molar-refractivity contribution in [1.82, 2.24) is 0 Å². The first kappa shape index (κ1) is 18.4. The number of esters is 2. The molecule has 0 rings (SSSR count). The Hall–Kier alpha value is -1.58. The normalized spacial score (nSPS) is 11.1. The summed E-state index contributed by atoms with van der Waals surface area (Å²) in [5, 5.41) is 0. The van der Waals surface area contributed by atoms with E-state index in [2.05, 4.69) is 12.2 Å². The van der Waals surface area contributed by atoms with Crippen molar-refractivity contribution in [2.24, 2.45) is 0 Å². The lowest BCUT2D eigenvalue weighted by molar-refractivity contribution is -0.140. The van der Waals surface area contributed by atoms with E-state index >= 15 is 0 Å². The van der Waals surface area contributed by atoms with Crippen LogP contribution < -0.4 is 0 Å². The molecule has 0 radical (unpaired) electrons. The van der Waals surface area contributed by atoms with Crippen LogP contribution in [0.2, 0.25) is 0 Å². The summed E-state index contributed by atoms with van der Waals surface area (Å²) in [6.45, 7) is 3.58. The average molecular weight is 282 g/mol. The summed E-state index contributed by atoms with van der Waals surface area (Å²) >= 11 is 0. The van der Waals surface area contributed by atoms with Crippen LogP contribution in [-0.4, -0.2) is 25.2 Å². The van der Waals surface area contributed by atoms with Crippen LogP contribution in [0.1, 0.15) is 52.4 Å². The Morgan fingerprint density at radius 1 is 0.700 bits per heavy atom. The number of ether oxygens (including phenoxy) is 2. The predicted octanol–water partition coefficient (Wildman–Crippen LogP) is 3.57. The van der Waals surface area contributed by atoms with Gasteiger partial charge in [-0.05, 0) is 25.7 Å². The second-order valence-electron chi connectivity index (χ2n) is 4.54. The smallest absolute Gasteiger partial charge is 0.302 e. The van der Waals surface area contributed by atoms with E-state index in [0.717, 1.165) is 25.7 Å². The molecule has 0 atom stereocenters. The van der Waals surface area contributed by atoms with Crippen molar-refractivity contribution < 1.29 is 19.1 Å². The van der Waals surface area contributed by atoms with E-state index in [1.54, 1.807) is 0 Å². The van der Waals surface area contributed by atoms with Crippen LogP contribution in [0.3, 0.4) is 0 Å². The summed E-state index contributed by atoms with van der Waals surface area (Å²) in [7, 11) is 0. The van der Waals surface area contributed by atoms with Gasteiger partial charge in [0.1, 0.15) is 13.2 Å². The monoisotopic (exact) mass is 282 g/mol. The molecule has 4 nitrogen and oxygen atoms in total. The SMILES string of the molecule is CC(=O)OC/C=C/CCCCCC/C=C/COC(C)=O. The Balaban J connectivity index is 3.20. The van der Waals surface area contributed by atoms with E-state index in [9.17, 15) is 9.59 Å². The zero-order valence-corrected chi connectivity index (χ0v) is 12.6. The fourth-order valence-electron chi connectivity index (χ4n) is 1.58. The van der Waals surface area contributed by atoms with Gasteiger partial charge in [0.05, 0.1) is 0 Å². The molecule has 0 aromatic rings. The van der Waals surface area contributed by atoms with Crippen molar-refractivity contribution in [2.75, 3.05) is 13.2 Å². The largest absolute Gasteiger partial charge is 0.462 e. The molecule has 0 amide bonds. The van der Waals surface area contributed by atoms with Gasteiger partial charge in [-0.3, -0.25) is 9.59 Å². The van der Waals surface area contributed by atoms with Crippen molar-refractivity contribution >= 4 is 11.9 Å². The molecule has 0 aromatic heterocycles. The highest BCUT2D eigenvalue weighted by molar-refractivity contribution is 5.66.